The number of ether oxygens (including phenoxy) is 1. The Kier molecular flexibility index (Phi) is 6.58. The van der Waals surface area contributed by atoms with Gasteiger partial charge in [-0.2, -0.15) is 9.36 Å². The van der Waals surface area contributed by atoms with Gasteiger partial charge in [0.25, 0.3) is 0 Å². The highest BCUT2D eigenvalue weighted by Crippen LogP contribution is 2.35. The number of para-hydroxylation sites is 2. The van der Waals surface area contributed by atoms with Crippen molar-refractivity contribution < 1.29 is 23.4 Å². The highest BCUT2D eigenvalue weighted by molar-refractivity contribution is 5.89. The molecule has 0 fully saturated rings. The lowest BCUT2D eigenvalue weighted by Gasteiger charge is -2.30. The van der Waals surface area contributed by atoms with Crippen LogP contribution in [0.1, 0.15) is 24.2 Å². The molecule has 0 atom stereocenters. The van der Waals surface area contributed by atoms with E-state index in [1.165, 1.54) is 18.2 Å². The van der Waals surface area contributed by atoms with E-state index in [9.17, 15) is 23.5 Å². The molecule has 0 saturated heterocycles. The van der Waals surface area contributed by atoms with E-state index in [2.05, 4.69) is 10.4 Å². The molecule has 9 nitrogen and oxygen atoms in total. The predicted octanol–water partition coefficient (Wildman–Crippen LogP) is 4.07. The molecule has 1 heterocycles. The molecule has 0 unspecified atom stereocenters. The van der Waals surface area contributed by atoms with E-state index in [0.717, 1.165) is 16.8 Å². The number of benzene rings is 3. The summed E-state index contributed by atoms with van der Waals surface area (Å²) < 4.78 is 35.9. The van der Waals surface area contributed by atoms with Gasteiger partial charge in [-0.25, -0.2) is 18.4 Å². The van der Waals surface area contributed by atoms with Crippen molar-refractivity contribution in [2.75, 3.05) is 4.90 Å². The molecule has 0 amide bonds. The third kappa shape index (κ3) is 4.88. The first-order valence-electron chi connectivity index (χ1n) is 10.6. The fraction of sp³-hybridized carbons (Fsp3) is 0.167. The van der Waals surface area contributed by atoms with Gasteiger partial charge in [0, 0.05) is 6.04 Å². The molecule has 180 valence electrons. The van der Waals surface area contributed by atoms with Crippen molar-refractivity contribution in [3.8, 4) is 17.2 Å². The number of halogens is 2. The smallest absolute Gasteiger partial charge is 0.370 e. The lowest BCUT2D eigenvalue weighted by molar-refractivity contribution is 0.0696. The van der Waals surface area contributed by atoms with E-state index in [-0.39, 0.29) is 24.0 Å². The largest absolute Gasteiger partial charge is 0.478 e. The topological polar surface area (TPSA) is 102 Å². The quantitative estimate of drug-likeness (QED) is 0.405. The molecule has 0 saturated carbocycles. The molecular weight excluding hydrogens is 460 g/mol. The summed E-state index contributed by atoms with van der Waals surface area (Å²) >= 11 is 0. The zero-order valence-electron chi connectivity index (χ0n) is 18.8. The van der Waals surface area contributed by atoms with Gasteiger partial charge in [0.15, 0.2) is 17.4 Å². The molecule has 4 rings (SSSR count). The second-order valence-electron chi connectivity index (χ2n) is 7.85. The van der Waals surface area contributed by atoms with E-state index < -0.39 is 29.0 Å². The molecule has 1 N–H and O–H groups in total. The van der Waals surface area contributed by atoms with Crippen LogP contribution >= 0.6 is 0 Å². The van der Waals surface area contributed by atoms with E-state index in [1.807, 2.05) is 19.9 Å². The number of nitrogens with zero attached hydrogens (tertiary/aromatic N) is 5. The first kappa shape index (κ1) is 23.6. The molecule has 3 aromatic carbocycles. The van der Waals surface area contributed by atoms with Gasteiger partial charge >= 0.3 is 11.7 Å². The van der Waals surface area contributed by atoms with Crippen molar-refractivity contribution in [1.82, 2.24) is 19.8 Å². The minimum absolute atomic E-state index is 0.0153. The summed E-state index contributed by atoms with van der Waals surface area (Å²) in [5.41, 5.74) is -0.986. The molecule has 1 aromatic heterocycles. The fourth-order valence-corrected chi connectivity index (χ4v) is 3.44. The van der Waals surface area contributed by atoms with Crippen molar-refractivity contribution in [1.29, 1.82) is 0 Å². The van der Waals surface area contributed by atoms with Crippen LogP contribution in [0, 0.1) is 11.6 Å². The summed E-state index contributed by atoms with van der Waals surface area (Å²) in [6.07, 6.45) is 0. The third-order valence-electron chi connectivity index (χ3n) is 5.19. The maximum Gasteiger partial charge on any atom is 0.370 e. The Balaban J connectivity index is 1.74. The molecule has 0 spiro atoms. The second kappa shape index (κ2) is 9.75. The van der Waals surface area contributed by atoms with Crippen molar-refractivity contribution in [3.63, 3.8) is 0 Å². The van der Waals surface area contributed by atoms with Gasteiger partial charge < -0.3 is 14.7 Å². The molecule has 0 aliphatic carbocycles. The van der Waals surface area contributed by atoms with Gasteiger partial charge in [-0.3, -0.25) is 0 Å². The maximum atomic E-state index is 14.2. The number of tetrazole rings is 1. The van der Waals surface area contributed by atoms with Crippen molar-refractivity contribution in [3.05, 3.63) is 94.4 Å². The molecule has 0 aliphatic heterocycles. The first-order chi connectivity index (χ1) is 16.8. The van der Waals surface area contributed by atoms with Gasteiger partial charge in [0.1, 0.15) is 18.1 Å². The van der Waals surface area contributed by atoms with Crippen LogP contribution in [0.2, 0.25) is 0 Å². The Morgan fingerprint density at radius 1 is 1.03 bits per heavy atom. The SMILES string of the molecule is CC(C)N(Cn1nnn(-c2c(F)cccc2F)c1=O)c1ccc(C(=O)O)cc1Oc1ccccc1. The maximum absolute atomic E-state index is 14.2. The molecule has 4 aromatic rings. The van der Waals surface area contributed by atoms with Crippen LogP contribution in [-0.4, -0.2) is 36.9 Å². The minimum Gasteiger partial charge on any atom is -0.478 e. The van der Waals surface area contributed by atoms with Gasteiger partial charge in [-0.1, -0.05) is 24.3 Å². The highest BCUT2D eigenvalue weighted by atomic mass is 19.1. The number of hydrogen-bond donors (Lipinski definition) is 1. The number of anilines is 1. The number of aromatic carboxylic acids is 1. The van der Waals surface area contributed by atoms with E-state index in [0.29, 0.717) is 16.1 Å². The molecule has 11 heteroatoms. The Morgan fingerprint density at radius 2 is 1.71 bits per heavy atom. The Labute approximate surface area is 198 Å². The minimum atomic E-state index is -1.13. The molecular formula is C24H21F2N5O4. The van der Waals surface area contributed by atoms with Gasteiger partial charge in [-0.05, 0) is 66.7 Å². The predicted molar refractivity (Wildman–Crippen MR) is 123 cm³/mol. The van der Waals surface area contributed by atoms with Crippen molar-refractivity contribution in [2.45, 2.75) is 26.6 Å². The van der Waals surface area contributed by atoms with Crippen LogP contribution in [0.3, 0.4) is 0 Å². The molecule has 0 bridgehead atoms. The fourth-order valence-electron chi connectivity index (χ4n) is 3.44. The average molecular weight is 481 g/mol. The van der Waals surface area contributed by atoms with Crippen LogP contribution in [0.4, 0.5) is 14.5 Å². The van der Waals surface area contributed by atoms with Crippen LogP contribution in [0.5, 0.6) is 11.5 Å². The number of carbonyl (C=O) groups is 1. The summed E-state index contributed by atoms with van der Waals surface area (Å²) in [6, 6.07) is 16.2. The molecule has 35 heavy (non-hydrogen) atoms. The number of carboxylic acid groups (broad SMARTS) is 1. The lowest BCUT2D eigenvalue weighted by Crippen LogP contribution is -2.38. The van der Waals surface area contributed by atoms with Gasteiger partial charge in [0.05, 0.1) is 11.3 Å². The summed E-state index contributed by atoms with van der Waals surface area (Å²) in [6.45, 7) is 3.55. The second-order valence-corrected chi connectivity index (χ2v) is 7.85. The van der Waals surface area contributed by atoms with Crippen LogP contribution in [0.15, 0.2) is 71.5 Å². The van der Waals surface area contributed by atoms with Gasteiger partial charge in [-0.15, -0.1) is 0 Å². The molecule has 0 aliphatic rings. The van der Waals surface area contributed by atoms with Crippen LogP contribution in [-0.2, 0) is 6.67 Å². The monoisotopic (exact) mass is 481 g/mol. The van der Waals surface area contributed by atoms with Crippen molar-refractivity contribution >= 4 is 11.7 Å². The zero-order valence-corrected chi connectivity index (χ0v) is 18.8. The Morgan fingerprint density at radius 3 is 2.34 bits per heavy atom. The lowest BCUT2D eigenvalue weighted by atomic mass is 10.1. The third-order valence-corrected chi connectivity index (χ3v) is 5.19. The Bertz CT molecular complexity index is 1400. The summed E-state index contributed by atoms with van der Waals surface area (Å²) in [5, 5.41) is 16.9. The first-order valence-corrected chi connectivity index (χ1v) is 10.6. The number of aromatic nitrogens is 4. The normalized spacial score (nSPS) is 11.0. The average Bonchev–Trinajstić information content (AvgIpc) is 3.17. The van der Waals surface area contributed by atoms with E-state index in [4.69, 9.17) is 4.74 Å². The zero-order chi connectivity index (χ0) is 25.1. The molecule has 0 radical (unpaired) electrons. The van der Waals surface area contributed by atoms with E-state index >= 15 is 0 Å². The van der Waals surface area contributed by atoms with Crippen LogP contribution < -0.4 is 15.3 Å². The standard InChI is InChI=1S/C24H21F2N5O4/c1-15(2)29(14-30-24(34)31(28-27-30)22-18(25)9-6-10-19(22)26)20-12-11-16(23(32)33)13-21(20)35-17-7-4-3-5-8-17/h3-13,15H,14H2,1-2H3,(H,32,33). The Hall–Kier alpha value is -4.54. The summed E-state index contributed by atoms with van der Waals surface area (Å²) in [4.78, 5) is 26.2. The highest BCUT2D eigenvalue weighted by Gasteiger charge is 2.22. The number of carboxylic acids is 1. The van der Waals surface area contributed by atoms with Crippen LogP contribution in [0.25, 0.3) is 5.69 Å². The van der Waals surface area contributed by atoms with Gasteiger partial charge in [0.2, 0.25) is 0 Å². The van der Waals surface area contributed by atoms with Crippen molar-refractivity contribution in [2.24, 2.45) is 0 Å². The van der Waals surface area contributed by atoms with E-state index in [1.54, 1.807) is 35.2 Å². The summed E-state index contributed by atoms with van der Waals surface area (Å²) in [7, 11) is 0. The summed E-state index contributed by atoms with van der Waals surface area (Å²) in [5.74, 6) is -2.31. The number of hydrogen-bond acceptors (Lipinski definition) is 6. The number of rotatable bonds is 8.